The molecule has 0 fully saturated rings. The summed E-state index contributed by atoms with van der Waals surface area (Å²) in [6.45, 7) is 5.29. The van der Waals surface area contributed by atoms with Crippen molar-refractivity contribution < 1.29 is 4.39 Å². The molecule has 1 N–H and O–H groups in total. The van der Waals surface area contributed by atoms with Crippen molar-refractivity contribution >= 4 is 0 Å². The maximum atomic E-state index is 13.3. The fourth-order valence-corrected chi connectivity index (χ4v) is 1.59. The lowest BCUT2D eigenvalue weighted by Gasteiger charge is -2.13. The quantitative estimate of drug-likeness (QED) is 0.710. The van der Waals surface area contributed by atoms with Gasteiger partial charge in [0.1, 0.15) is 5.82 Å². The van der Waals surface area contributed by atoms with Gasteiger partial charge in [-0.25, -0.2) is 4.39 Å². The number of hydrogen-bond donors (Lipinski definition) is 1. The minimum atomic E-state index is -0.0957. The van der Waals surface area contributed by atoms with Gasteiger partial charge in [-0.2, -0.15) is 0 Å². The van der Waals surface area contributed by atoms with Crippen molar-refractivity contribution in [3.8, 4) is 0 Å². The lowest BCUT2D eigenvalue weighted by molar-refractivity contribution is 0.516. The van der Waals surface area contributed by atoms with Crippen molar-refractivity contribution in [2.45, 2.75) is 39.2 Å². The molecule has 15 heavy (non-hydrogen) atoms. The Hall–Kier alpha value is -0.890. The minimum absolute atomic E-state index is 0.0957. The van der Waals surface area contributed by atoms with Gasteiger partial charge < -0.3 is 5.32 Å². The van der Waals surface area contributed by atoms with E-state index in [2.05, 4.69) is 19.2 Å². The number of halogens is 1. The van der Waals surface area contributed by atoms with E-state index in [1.807, 2.05) is 12.1 Å². The molecule has 0 saturated carbocycles. The van der Waals surface area contributed by atoms with E-state index in [0.717, 1.165) is 18.5 Å². The summed E-state index contributed by atoms with van der Waals surface area (Å²) in [6, 6.07) is 7.33. The van der Waals surface area contributed by atoms with Crippen LogP contribution in [0.3, 0.4) is 0 Å². The molecule has 0 radical (unpaired) electrons. The Balaban J connectivity index is 2.37. The number of nitrogens with one attached hydrogen (secondary N) is 1. The molecule has 1 nitrogen and oxygen atoms in total. The molecule has 2 heteroatoms. The predicted molar refractivity (Wildman–Crippen MR) is 62.5 cm³/mol. The summed E-state index contributed by atoms with van der Waals surface area (Å²) in [4.78, 5) is 0. The Labute approximate surface area is 91.7 Å². The van der Waals surface area contributed by atoms with Crippen molar-refractivity contribution in [2.24, 2.45) is 0 Å². The Kier molecular flexibility index (Phi) is 5.33. The normalized spacial score (nSPS) is 12.7. The van der Waals surface area contributed by atoms with Gasteiger partial charge in [-0.1, -0.05) is 31.5 Å². The Bertz CT molecular complexity index is 286. The lowest BCUT2D eigenvalue weighted by Crippen LogP contribution is -2.29. The van der Waals surface area contributed by atoms with Crippen LogP contribution in [0.25, 0.3) is 0 Å². The van der Waals surface area contributed by atoms with Crippen LogP contribution in [0.5, 0.6) is 0 Å². The van der Waals surface area contributed by atoms with Gasteiger partial charge in [0.15, 0.2) is 0 Å². The molecule has 1 aromatic rings. The molecule has 1 rings (SSSR count). The zero-order chi connectivity index (χ0) is 11.1. The van der Waals surface area contributed by atoms with E-state index < -0.39 is 0 Å². The number of unbranched alkanes of at least 4 members (excludes halogenated alkanes) is 1. The molecule has 0 aromatic heterocycles. The largest absolute Gasteiger partial charge is 0.314 e. The summed E-state index contributed by atoms with van der Waals surface area (Å²) < 4.78 is 13.3. The van der Waals surface area contributed by atoms with Crippen LogP contribution in [0.2, 0.25) is 0 Å². The van der Waals surface area contributed by atoms with Crippen LogP contribution in [0.15, 0.2) is 24.3 Å². The van der Waals surface area contributed by atoms with Crippen molar-refractivity contribution in [1.29, 1.82) is 0 Å². The second kappa shape index (κ2) is 6.57. The highest BCUT2D eigenvalue weighted by Crippen LogP contribution is 2.08. The molecule has 0 aliphatic rings. The molecule has 0 heterocycles. The standard InChI is InChI=1S/C13H20FN/c1-3-4-9-15-11(2)10-12-7-5-6-8-13(12)14/h5-8,11,15H,3-4,9-10H2,1-2H3. The fraction of sp³-hybridized carbons (Fsp3) is 0.538. The van der Waals surface area contributed by atoms with Crippen molar-refractivity contribution in [3.63, 3.8) is 0 Å². The molecule has 0 saturated heterocycles. The van der Waals surface area contributed by atoms with Crippen LogP contribution in [0.1, 0.15) is 32.3 Å². The summed E-state index contributed by atoms with van der Waals surface area (Å²) in [5, 5.41) is 3.39. The first-order chi connectivity index (χ1) is 7.24. The molecule has 0 spiro atoms. The van der Waals surface area contributed by atoms with E-state index in [9.17, 15) is 4.39 Å². The summed E-state index contributed by atoms with van der Waals surface area (Å²) >= 11 is 0. The first-order valence-corrected chi connectivity index (χ1v) is 5.70. The van der Waals surface area contributed by atoms with Crippen LogP contribution in [-0.2, 0) is 6.42 Å². The summed E-state index contributed by atoms with van der Waals surface area (Å²) in [5.41, 5.74) is 0.800. The van der Waals surface area contributed by atoms with E-state index in [-0.39, 0.29) is 5.82 Å². The van der Waals surface area contributed by atoms with Gasteiger partial charge in [-0.15, -0.1) is 0 Å². The molecule has 84 valence electrons. The Morgan fingerprint density at radius 2 is 2.07 bits per heavy atom. The van der Waals surface area contributed by atoms with Crippen LogP contribution in [0.4, 0.5) is 4.39 Å². The molecule has 0 aliphatic carbocycles. The topological polar surface area (TPSA) is 12.0 Å². The fourth-order valence-electron chi connectivity index (χ4n) is 1.59. The molecule has 1 unspecified atom stereocenters. The first-order valence-electron chi connectivity index (χ1n) is 5.70. The SMILES string of the molecule is CCCCNC(C)Cc1ccccc1F. The van der Waals surface area contributed by atoms with Crippen LogP contribution in [-0.4, -0.2) is 12.6 Å². The summed E-state index contributed by atoms with van der Waals surface area (Å²) in [6.07, 6.45) is 3.14. The third kappa shape index (κ3) is 4.43. The van der Waals surface area contributed by atoms with E-state index in [1.165, 1.54) is 18.9 Å². The van der Waals surface area contributed by atoms with Crippen LogP contribution < -0.4 is 5.32 Å². The molecule has 1 atom stereocenters. The summed E-state index contributed by atoms with van der Waals surface area (Å²) in [5.74, 6) is -0.0957. The van der Waals surface area contributed by atoms with E-state index in [1.54, 1.807) is 6.07 Å². The smallest absolute Gasteiger partial charge is 0.126 e. The summed E-state index contributed by atoms with van der Waals surface area (Å²) in [7, 11) is 0. The molecular formula is C13H20FN. The van der Waals surface area contributed by atoms with E-state index in [4.69, 9.17) is 0 Å². The van der Waals surface area contributed by atoms with E-state index >= 15 is 0 Å². The monoisotopic (exact) mass is 209 g/mol. The first kappa shape index (κ1) is 12.2. The van der Waals surface area contributed by atoms with Crippen LogP contribution in [0, 0.1) is 5.82 Å². The zero-order valence-electron chi connectivity index (χ0n) is 9.59. The van der Waals surface area contributed by atoms with Gasteiger partial charge in [0.05, 0.1) is 0 Å². The van der Waals surface area contributed by atoms with Crippen molar-refractivity contribution in [3.05, 3.63) is 35.6 Å². The predicted octanol–water partition coefficient (Wildman–Crippen LogP) is 3.15. The number of rotatable bonds is 6. The van der Waals surface area contributed by atoms with Gasteiger partial charge in [-0.05, 0) is 37.9 Å². The van der Waals surface area contributed by atoms with Gasteiger partial charge in [-0.3, -0.25) is 0 Å². The third-order valence-electron chi connectivity index (χ3n) is 2.51. The molecule has 0 bridgehead atoms. The number of benzene rings is 1. The highest BCUT2D eigenvalue weighted by Gasteiger charge is 2.05. The van der Waals surface area contributed by atoms with Crippen molar-refractivity contribution in [1.82, 2.24) is 5.32 Å². The van der Waals surface area contributed by atoms with Crippen molar-refractivity contribution in [2.75, 3.05) is 6.54 Å². The van der Waals surface area contributed by atoms with Gasteiger partial charge in [0, 0.05) is 6.04 Å². The Morgan fingerprint density at radius 3 is 2.73 bits per heavy atom. The number of hydrogen-bond acceptors (Lipinski definition) is 1. The van der Waals surface area contributed by atoms with Crippen LogP contribution >= 0.6 is 0 Å². The third-order valence-corrected chi connectivity index (χ3v) is 2.51. The van der Waals surface area contributed by atoms with Gasteiger partial charge in [0.25, 0.3) is 0 Å². The molecule has 0 amide bonds. The molecule has 1 aromatic carbocycles. The van der Waals surface area contributed by atoms with Gasteiger partial charge >= 0.3 is 0 Å². The second-order valence-corrected chi connectivity index (χ2v) is 4.00. The second-order valence-electron chi connectivity index (χ2n) is 4.00. The lowest BCUT2D eigenvalue weighted by atomic mass is 10.1. The Morgan fingerprint density at radius 1 is 1.33 bits per heavy atom. The average Bonchev–Trinajstić information content (AvgIpc) is 2.22. The van der Waals surface area contributed by atoms with Gasteiger partial charge in [0.2, 0.25) is 0 Å². The van der Waals surface area contributed by atoms with E-state index in [0.29, 0.717) is 6.04 Å². The maximum absolute atomic E-state index is 13.3. The highest BCUT2D eigenvalue weighted by molar-refractivity contribution is 5.18. The molecular weight excluding hydrogens is 189 g/mol. The zero-order valence-corrected chi connectivity index (χ0v) is 9.59. The minimum Gasteiger partial charge on any atom is -0.314 e. The average molecular weight is 209 g/mol. The maximum Gasteiger partial charge on any atom is 0.126 e. The highest BCUT2D eigenvalue weighted by atomic mass is 19.1. The molecule has 0 aliphatic heterocycles.